The molecule has 0 heterocycles. The van der Waals surface area contributed by atoms with Gasteiger partial charge < -0.3 is 10.6 Å². The molecule has 0 amide bonds. The number of nitrogens with one attached hydrogen (secondary N) is 2. The molecule has 1 saturated carbocycles. The van der Waals surface area contributed by atoms with Gasteiger partial charge in [-0.3, -0.25) is 0 Å². The Bertz CT molecular complexity index is 591. The fourth-order valence-electron chi connectivity index (χ4n) is 2.80. The molecule has 1 aliphatic rings. The van der Waals surface area contributed by atoms with E-state index in [1.807, 2.05) is 20.0 Å². The number of rotatable bonds is 9. The average molecular weight is 325 g/mol. The zero-order valence-electron chi connectivity index (χ0n) is 15.4. The van der Waals surface area contributed by atoms with E-state index in [-0.39, 0.29) is 0 Å². The lowest BCUT2D eigenvalue weighted by molar-refractivity contribution is 0.634. The van der Waals surface area contributed by atoms with Crippen LogP contribution in [0.1, 0.15) is 57.9 Å². The van der Waals surface area contributed by atoms with Crippen molar-refractivity contribution >= 4 is 11.5 Å². The number of nitrogens with zero attached hydrogens (tertiary/aromatic N) is 1. The highest BCUT2D eigenvalue weighted by molar-refractivity contribution is 5.87. The van der Waals surface area contributed by atoms with Gasteiger partial charge in [0.2, 0.25) is 0 Å². The van der Waals surface area contributed by atoms with Crippen LogP contribution in [0.25, 0.3) is 5.70 Å². The molecule has 24 heavy (non-hydrogen) atoms. The summed E-state index contributed by atoms with van der Waals surface area (Å²) in [5.74, 6) is 0.983. The zero-order valence-corrected chi connectivity index (χ0v) is 15.4. The van der Waals surface area contributed by atoms with E-state index >= 15 is 0 Å². The van der Waals surface area contributed by atoms with Crippen molar-refractivity contribution in [3.8, 4) is 0 Å². The largest absolute Gasteiger partial charge is 0.348 e. The van der Waals surface area contributed by atoms with Gasteiger partial charge in [-0.1, -0.05) is 48.4 Å². The molecule has 3 nitrogen and oxygen atoms in total. The molecule has 0 atom stereocenters. The molecule has 0 aromatic heterocycles. The summed E-state index contributed by atoms with van der Waals surface area (Å²) in [5, 5.41) is 6.79. The molecule has 0 saturated heterocycles. The lowest BCUT2D eigenvalue weighted by atomic mass is 10.1. The van der Waals surface area contributed by atoms with Crippen LogP contribution in [0.4, 0.5) is 0 Å². The van der Waals surface area contributed by atoms with Gasteiger partial charge in [0, 0.05) is 5.70 Å². The summed E-state index contributed by atoms with van der Waals surface area (Å²) in [6.45, 7) is 5.22. The Morgan fingerprint density at radius 3 is 2.50 bits per heavy atom. The molecule has 130 valence electrons. The lowest BCUT2D eigenvalue weighted by Crippen LogP contribution is -2.20. The van der Waals surface area contributed by atoms with Crippen molar-refractivity contribution in [2.45, 2.75) is 52.4 Å². The van der Waals surface area contributed by atoms with Crippen LogP contribution in [0.5, 0.6) is 0 Å². The predicted molar refractivity (Wildman–Crippen MR) is 105 cm³/mol. The second kappa shape index (κ2) is 10.1. The van der Waals surface area contributed by atoms with Gasteiger partial charge in [-0.2, -0.15) is 0 Å². The van der Waals surface area contributed by atoms with Gasteiger partial charge in [-0.25, -0.2) is 4.99 Å². The fourth-order valence-corrected chi connectivity index (χ4v) is 2.80. The molecule has 1 aromatic rings. The highest BCUT2D eigenvalue weighted by Crippen LogP contribution is 2.32. The van der Waals surface area contributed by atoms with E-state index in [2.05, 4.69) is 47.9 Å². The van der Waals surface area contributed by atoms with E-state index in [4.69, 9.17) is 4.99 Å². The molecule has 0 spiro atoms. The molecule has 1 aliphatic carbocycles. The molecule has 0 aliphatic heterocycles. The van der Waals surface area contributed by atoms with Crippen molar-refractivity contribution in [1.82, 2.24) is 10.6 Å². The molecule has 0 bridgehead atoms. The first kappa shape index (κ1) is 18.5. The summed E-state index contributed by atoms with van der Waals surface area (Å²) in [6.07, 6.45) is 9.49. The fraction of sp³-hybridized carbons (Fsp3) is 0.476. The van der Waals surface area contributed by atoms with E-state index in [9.17, 15) is 0 Å². The van der Waals surface area contributed by atoms with Crippen molar-refractivity contribution in [3.63, 3.8) is 0 Å². The first-order chi connectivity index (χ1) is 11.7. The molecule has 2 rings (SSSR count). The minimum Gasteiger partial charge on any atom is -0.348 e. The Hall–Kier alpha value is -1.87. The Balaban J connectivity index is 1.93. The van der Waals surface area contributed by atoms with Gasteiger partial charge in [-0.05, 0) is 65.1 Å². The average Bonchev–Trinajstić information content (AvgIpc) is 3.44. The highest BCUT2D eigenvalue weighted by Gasteiger charge is 2.17. The predicted octanol–water partition coefficient (Wildman–Crippen LogP) is 4.88. The third-order valence-electron chi connectivity index (χ3n) is 4.24. The minimum absolute atomic E-state index is 0.983. The SMILES string of the molecule is C/C=C(\N=C(C)NC(CCCCCNC)=C1CC1)c1ccccc1. The monoisotopic (exact) mass is 325 g/mol. The second-order valence-electron chi connectivity index (χ2n) is 6.36. The summed E-state index contributed by atoms with van der Waals surface area (Å²) >= 11 is 0. The second-order valence-corrected chi connectivity index (χ2v) is 6.36. The van der Waals surface area contributed by atoms with E-state index in [0.717, 1.165) is 30.1 Å². The topological polar surface area (TPSA) is 36.4 Å². The quantitative estimate of drug-likeness (QED) is 0.385. The number of hydrogen-bond donors (Lipinski definition) is 2. The van der Waals surface area contributed by atoms with Gasteiger partial charge in [0.15, 0.2) is 0 Å². The van der Waals surface area contributed by atoms with Crippen LogP contribution in [0.3, 0.4) is 0 Å². The molecule has 1 aromatic carbocycles. The minimum atomic E-state index is 0.983. The zero-order chi connectivity index (χ0) is 17.2. The summed E-state index contributed by atoms with van der Waals surface area (Å²) in [6, 6.07) is 10.4. The maximum Gasteiger partial charge on any atom is 0.103 e. The number of aliphatic imine (C=N–C) groups is 1. The maximum atomic E-state index is 4.80. The molecule has 0 radical (unpaired) electrons. The third-order valence-corrected chi connectivity index (χ3v) is 4.24. The van der Waals surface area contributed by atoms with Crippen LogP contribution in [0.15, 0.2) is 52.7 Å². The molecule has 1 fully saturated rings. The first-order valence-electron chi connectivity index (χ1n) is 9.14. The summed E-state index contributed by atoms with van der Waals surface area (Å²) in [4.78, 5) is 4.80. The van der Waals surface area contributed by atoms with Gasteiger partial charge in [0.1, 0.15) is 5.84 Å². The van der Waals surface area contributed by atoms with Crippen LogP contribution in [0, 0.1) is 0 Å². The lowest BCUT2D eigenvalue weighted by Gasteiger charge is -2.12. The molecule has 2 N–H and O–H groups in total. The van der Waals surface area contributed by atoms with E-state index in [0.29, 0.717) is 0 Å². The Kier molecular flexibility index (Phi) is 7.76. The van der Waals surface area contributed by atoms with Gasteiger partial charge in [0.25, 0.3) is 0 Å². The van der Waals surface area contributed by atoms with Crippen LogP contribution >= 0.6 is 0 Å². The number of allylic oxidation sites excluding steroid dienone is 3. The first-order valence-corrected chi connectivity index (χ1v) is 9.14. The molecule has 0 unspecified atom stereocenters. The summed E-state index contributed by atoms with van der Waals surface area (Å²) in [5.41, 5.74) is 5.17. The normalized spacial score (nSPS) is 14.7. The standard InChI is InChI=1S/C21H31N3/c1-4-20(18-11-7-5-8-12-18)23-17(2)24-21(19-14-15-19)13-9-6-10-16-22-3/h4-5,7-8,11-12,22H,6,9-10,13-16H2,1-3H3,(H,23,24)/b20-4-. The Morgan fingerprint density at radius 1 is 1.12 bits per heavy atom. The van der Waals surface area contributed by atoms with Gasteiger partial charge >= 0.3 is 0 Å². The molecule has 3 heteroatoms. The Labute approximate surface area is 147 Å². The highest BCUT2D eigenvalue weighted by atomic mass is 15.0. The summed E-state index contributed by atoms with van der Waals surface area (Å²) < 4.78 is 0. The van der Waals surface area contributed by atoms with E-state index < -0.39 is 0 Å². The Morgan fingerprint density at radius 2 is 1.88 bits per heavy atom. The van der Waals surface area contributed by atoms with Crippen molar-refractivity contribution in [2.24, 2.45) is 4.99 Å². The van der Waals surface area contributed by atoms with Crippen LogP contribution in [0.2, 0.25) is 0 Å². The van der Waals surface area contributed by atoms with Crippen LogP contribution in [-0.4, -0.2) is 19.4 Å². The molecular weight excluding hydrogens is 294 g/mol. The maximum absolute atomic E-state index is 4.80. The number of benzene rings is 1. The third kappa shape index (κ3) is 6.32. The van der Waals surface area contributed by atoms with Gasteiger partial charge in [-0.15, -0.1) is 0 Å². The van der Waals surface area contributed by atoms with Crippen LogP contribution < -0.4 is 10.6 Å². The van der Waals surface area contributed by atoms with Crippen molar-refractivity contribution in [3.05, 3.63) is 53.2 Å². The summed E-state index contributed by atoms with van der Waals surface area (Å²) in [7, 11) is 2.02. The number of amidine groups is 1. The van der Waals surface area contributed by atoms with Crippen molar-refractivity contribution in [2.75, 3.05) is 13.6 Å². The van der Waals surface area contributed by atoms with E-state index in [1.54, 1.807) is 5.57 Å². The van der Waals surface area contributed by atoms with Gasteiger partial charge in [0.05, 0.1) is 5.70 Å². The van der Waals surface area contributed by atoms with Crippen molar-refractivity contribution < 1.29 is 0 Å². The molecular formula is C21H31N3. The van der Waals surface area contributed by atoms with E-state index in [1.165, 1.54) is 37.8 Å². The smallest absolute Gasteiger partial charge is 0.103 e. The van der Waals surface area contributed by atoms with Crippen molar-refractivity contribution in [1.29, 1.82) is 0 Å². The number of hydrogen-bond acceptors (Lipinski definition) is 2. The number of unbranched alkanes of at least 4 members (excludes halogenated alkanes) is 2. The van der Waals surface area contributed by atoms with Crippen LogP contribution in [-0.2, 0) is 0 Å².